The fourth-order valence-corrected chi connectivity index (χ4v) is 4.01. The Morgan fingerprint density at radius 2 is 2.12 bits per heavy atom. The van der Waals surface area contributed by atoms with Crippen molar-refractivity contribution in [2.24, 2.45) is 5.92 Å². The van der Waals surface area contributed by atoms with Crippen molar-refractivity contribution >= 4 is 15.9 Å². The van der Waals surface area contributed by atoms with Crippen LogP contribution in [0, 0.1) is 5.92 Å². The van der Waals surface area contributed by atoms with Gasteiger partial charge in [0.25, 0.3) is 0 Å². The van der Waals surface area contributed by atoms with Crippen LogP contribution in [0.15, 0.2) is 24.3 Å². The minimum atomic E-state index is -3.22. The van der Waals surface area contributed by atoms with Crippen molar-refractivity contribution in [1.29, 1.82) is 0 Å². The second-order valence-electron chi connectivity index (χ2n) is 6.40. The van der Waals surface area contributed by atoms with Crippen LogP contribution in [-0.2, 0) is 21.2 Å². The maximum atomic E-state index is 12.3. The summed E-state index contributed by atoms with van der Waals surface area (Å²) in [7, 11) is -3.22. The number of amides is 1. The van der Waals surface area contributed by atoms with E-state index in [1.165, 1.54) is 10.6 Å². The Bertz CT molecular complexity index is 675. The molecule has 0 bridgehead atoms. The number of hydrogen-bond donors (Lipinski definition) is 1. The maximum Gasteiger partial charge on any atom is 0.224 e. The zero-order valence-corrected chi connectivity index (χ0v) is 15.8. The fourth-order valence-electron chi connectivity index (χ4n) is 3.10. The number of nitrogens with zero attached hydrogens (tertiary/aromatic N) is 1. The van der Waals surface area contributed by atoms with Crippen LogP contribution in [0.3, 0.4) is 0 Å². The number of carbonyl (C=O) groups is 1. The predicted octanol–water partition coefficient (Wildman–Crippen LogP) is 1.81. The molecule has 6 nitrogen and oxygen atoms in total. The predicted molar refractivity (Wildman–Crippen MR) is 98.1 cm³/mol. The summed E-state index contributed by atoms with van der Waals surface area (Å²) >= 11 is 0. The highest BCUT2D eigenvalue weighted by atomic mass is 32.2. The lowest BCUT2D eigenvalue weighted by molar-refractivity contribution is -0.126. The molecule has 25 heavy (non-hydrogen) atoms. The van der Waals surface area contributed by atoms with Crippen molar-refractivity contribution in [3.8, 4) is 5.75 Å². The Balaban J connectivity index is 1.77. The van der Waals surface area contributed by atoms with E-state index in [4.69, 9.17) is 4.74 Å². The van der Waals surface area contributed by atoms with E-state index >= 15 is 0 Å². The highest BCUT2D eigenvalue weighted by molar-refractivity contribution is 7.88. The average molecular weight is 368 g/mol. The lowest BCUT2D eigenvalue weighted by atomic mass is 9.99. The molecule has 1 heterocycles. The summed E-state index contributed by atoms with van der Waals surface area (Å²) in [4.78, 5) is 12.3. The van der Waals surface area contributed by atoms with E-state index in [1.807, 2.05) is 31.2 Å². The van der Waals surface area contributed by atoms with Crippen LogP contribution in [-0.4, -0.2) is 51.1 Å². The van der Waals surface area contributed by atoms with Gasteiger partial charge in [0.15, 0.2) is 0 Å². The topological polar surface area (TPSA) is 75.7 Å². The monoisotopic (exact) mass is 368 g/mol. The number of carbonyl (C=O) groups excluding carboxylic acids is 1. The lowest BCUT2D eigenvalue weighted by Gasteiger charge is -2.30. The van der Waals surface area contributed by atoms with E-state index in [2.05, 4.69) is 5.32 Å². The summed E-state index contributed by atoms with van der Waals surface area (Å²) in [6.07, 6.45) is 4.32. The standard InChI is InChI=1S/C18H28N2O4S/c1-3-24-17-11-5-4-8-15(17)9-6-12-19-18(21)16-10-7-13-20(14-16)25(2,22)23/h4-5,8,11,16H,3,6-7,9-10,12-14H2,1-2H3,(H,19,21)/t16-/m1/s1. The molecule has 1 amide bonds. The van der Waals surface area contributed by atoms with Crippen molar-refractivity contribution in [3.63, 3.8) is 0 Å². The quantitative estimate of drug-likeness (QED) is 0.710. The van der Waals surface area contributed by atoms with Gasteiger partial charge >= 0.3 is 0 Å². The summed E-state index contributed by atoms with van der Waals surface area (Å²) in [5.41, 5.74) is 1.14. The van der Waals surface area contributed by atoms with Gasteiger partial charge in [-0.05, 0) is 44.2 Å². The Morgan fingerprint density at radius 3 is 2.84 bits per heavy atom. The normalized spacial score (nSPS) is 18.7. The molecule has 2 rings (SSSR count). The minimum absolute atomic E-state index is 0.0496. The van der Waals surface area contributed by atoms with Crippen LogP contribution >= 0.6 is 0 Å². The van der Waals surface area contributed by atoms with Gasteiger partial charge in [0, 0.05) is 19.6 Å². The van der Waals surface area contributed by atoms with Crippen LogP contribution in [0.2, 0.25) is 0 Å². The largest absolute Gasteiger partial charge is 0.494 e. The molecule has 1 atom stereocenters. The first-order valence-electron chi connectivity index (χ1n) is 8.85. The number of piperidine rings is 1. The van der Waals surface area contributed by atoms with E-state index in [0.29, 0.717) is 19.7 Å². The fraction of sp³-hybridized carbons (Fsp3) is 0.611. The highest BCUT2D eigenvalue weighted by Crippen LogP contribution is 2.20. The van der Waals surface area contributed by atoms with Gasteiger partial charge in [-0.1, -0.05) is 18.2 Å². The third kappa shape index (κ3) is 6.01. The molecule has 1 aromatic rings. The summed E-state index contributed by atoms with van der Waals surface area (Å²) in [5, 5.41) is 2.94. The average Bonchev–Trinajstić information content (AvgIpc) is 2.59. The zero-order valence-electron chi connectivity index (χ0n) is 15.0. The van der Waals surface area contributed by atoms with E-state index in [0.717, 1.165) is 37.0 Å². The second-order valence-corrected chi connectivity index (χ2v) is 8.38. The first-order valence-corrected chi connectivity index (χ1v) is 10.7. The Kier molecular flexibility index (Phi) is 7.25. The Hall–Kier alpha value is -1.60. The van der Waals surface area contributed by atoms with Crippen molar-refractivity contribution < 1.29 is 17.9 Å². The number of para-hydroxylation sites is 1. The molecule has 140 valence electrons. The number of sulfonamides is 1. The molecule has 0 aromatic heterocycles. The van der Waals surface area contributed by atoms with Gasteiger partial charge in [-0.25, -0.2) is 12.7 Å². The molecule has 1 aliphatic rings. The minimum Gasteiger partial charge on any atom is -0.494 e. The van der Waals surface area contributed by atoms with Crippen molar-refractivity contribution in [1.82, 2.24) is 9.62 Å². The van der Waals surface area contributed by atoms with E-state index in [1.54, 1.807) is 0 Å². The Labute approximate surface area is 150 Å². The van der Waals surface area contributed by atoms with Gasteiger partial charge in [-0.2, -0.15) is 0 Å². The van der Waals surface area contributed by atoms with Crippen LogP contribution in [0.1, 0.15) is 31.7 Å². The number of hydrogen-bond acceptors (Lipinski definition) is 4. The molecule has 1 N–H and O–H groups in total. The molecule has 0 aliphatic carbocycles. The van der Waals surface area contributed by atoms with Crippen LogP contribution in [0.5, 0.6) is 5.75 Å². The van der Waals surface area contributed by atoms with Crippen molar-refractivity contribution in [3.05, 3.63) is 29.8 Å². The van der Waals surface area contributed by atoms with Gasteiger partial charge in [-0.3, -0.25) is 4.79 Å². The Morgan fingerprint density at radius 1 is 1.36 bits per heavy atom. The van der Waals surface area contributed by atoms with E-state index < -0.39 is 10.0 Å². The molecule has 0 spiro atoms. The van der Waals surface area contributed by atoms with Crippen molar-refractivity contribution in [2.75, 3.05) is 32.5 Å². The summed E-state index contributed by atoms with van der Waals surface area (Å²) in [6, 6.07) is 7.93. The molecule has 1 saturated heterocycles. The molecule has 0 unspecified atom stereocenters. The first-order chi connectivity index (χ1) is 11.9. The molecule has 1 fully saturated rings. The number of ether oxygens (including phenoxy) is 1. The maximum absolute atomic E-state index is 12.3. The second kappa shape index (κ2) is 9.20. The number of aryl methyl sites for hydroxylation is 1. The SMILES string of the molecule is CCOc1ccccc1CCCNC(=O)[C@@H]1CCCN(S(C)(=O)=O)C1. The smallest absolute Gasteiger partial charge is 0.224 e. The lowest BCUT2D eigenvalue weighted by Crippen LogP contribution is -2.45. The summed E-state index contributed by atoms with van der Waals surface area (Å²) < 4.78 is 30.3. The summed E-state index contributed by atoms with van der Waals surface area (Å²) in [6.45, 7) is 3.97. The third-order valence-electron chi connectivity index (χ3n) is 4.42. The third-order valence-corrected chi connectivity index (χ3v) is 5.69. The van der Waals surface area contributed by atoms with Gasteiger partial charge in [0.1, 0.15) is 5.75 Å². The van der Waals surface area contributed by atoms with Gasteiger partial charge in [0.05, 0.1) is 18.8 Å². The van der Waals surface area contributed by atoms with Crippen LogP contribution in [0.4, 0.5) is 0 Å². The van der Waals surface area contributed by atoms with Gasteiger partial charge < -0.3 is 10.1 Å². The van der Waals surface area contributed by atoms with E-state index in [9.17, 15) is 13.2 Å². The number of nitrogens with one attached hydrogen (secondary N) is 1. The van der Waals surface area contributed by atoms with Crippen LogP contribution < -0.4 is 10.1 Å². The van der Waals surface area contributed by atoms with Gasteiger partial charge in [-0.15, -0.1) is 0 Å². The molecule has 1 aromatic carbocycles. The van der Waals surface area contributed by atoms with E-state index in [-0.39, 0.29) is 18.4 Å². The van der Waals surface area contributed by atoms with Crippen LogP contribution in [0.25, 0.3) is 0 Å². The molecular formula is C18H28N2O4S. The highest BCUT2D eigenvalue weighted by Gasteiger charge is 2.29. The zero-order chi connectivity index (χ0) is 18.3. The van der Waals surface area contributed by atoms with Gasteiger partial charge in [0.2, 0.25) is 15.9 Å². The number of rotatable bonds is 8. The summed E-state index contributed by atoms with van der Waals surface area (Å²) in [5.74, 6) is 0.595. The molecular weight excluding hydrogens is 340 g/mol. The number of benzene rings is 1. The molecule has 0 saturated carbocycles. The van der Waals surface area contributed by atoms with Crippen molar-refractivity contribution in [2.45, 2.75) is 32.6 Å². The molecule has 0 radical (unpaired) electrons. The molecule has 7 heteroatoms. The first kappa shape index (κ1) is 19.7. The molecule has 1 aliphatic heterocycles.